The minimum absolute atomic E-state index is 0.168. The highest BCUT2D eigenvalue weighted by Gasteiger charge is 2.31. The zero-order valence-corrected chi connectivity index (χ0v) is 13.3. The zero-order valence-electron chi connectivity index (χ0n) is 13.3. The number of hydrogen-bond acceptors (Lipinski definition) is 5. The maximum Gasteiger partial charge on any atom is 0.315 e. The molecule has 2 N–H and O–H groups in total. The second-order valence-corrected chi connectivity index (χ2v) is 5.98. The molecule has 2 amide bonds. The summed E-state index contributed by atoms with van der Waals surface area (Å²) in [5, 5.41) is 5.81. The number of furan rings is 1. The molecule has 2 aliphatic heterocycles. The first-order valence-electron chi connectivity index (χ1n) is 8.26. The van der Waals surface area contributed by atoms with Crippen molar-refractivity contribution in [2.75, 3.05) is 46.1 Å². The van der Waals surface area contributed by atoms with Gasteiger partial charge in [0.25, 0.3) is 0 Å². The van der Waals surface area contributed by atoms with Gasteiger partial charge in [-0.15, -0.1) is 0 Å². The smallest absolute Gasteiger partial charge is 0.315 e. The highest BCUT2D eigenvalue weighted by Crippen LogP contribution is 2.21. The Morgan fingerprint density at radius 3 is 2.83 bits per heavy atom. The Kier molecular flexibility index (Phi) is 5.90. The van der Waals surface area contributed by atoms with Crippen molar-refractivity contribution >= 4 is 6.03 Å². The van der Waals surface area contributed by atoms with Gasteiger partial charge in [0.05, 0.1) is 32.6 Å². The summed E-state index contributed by atoms with van der Waals surface area (Å²) in [5.41, 5.74) is 0. The van der Waals surface area contributed by atoms with Gasteiger partial charge in [0, 0.05) is 38.2 Å². The summed E-state index contributed by atoms with van der Waals surface area (Å²) in [7, 11) is 0. The van der Waals surface area contributed by atoms with Gasteiger partial charge < -0.3 is 24.5 Å². The number of carbonyl (C=O) groups is 1. The van der Waals surface area contributed by atoms with Crippen LogP contribution >= 0.6 is 0 Å². The molecule has 1 aromatic heterocycles. The summed E-state index contributed by atoms with van der Waals surface area (Å²) in [4.78, 5) is 14.4. The Bertz CT molecular complexity index is 468. The highest BCUT2D eigenvalue weighted by atomic mass is 16.5. The molecule has 0 unspecified atom stereocenters. The predicted octanol–water partition coefficient (Wildman–Crippen LogP) is 0.816. The number of hydrogen-bond donors (Lipinski definition) is 2. The molecule has 2 fully saturated rings. The van der Waals surface area contributed by atoms with Crippen LogP contribution in [0.5, 0.6) is 0 Å². The summed E-state index contributed by atoms with van der Waals surface area (Å²) in [6.07, 6.45) is 2.65. The molecular formula is C16H25N3O4. The quantitative estimate of drug-likeness (QED) is 0.810. The first kappa shape index (κ1) is 16.3. The number of carbonyl (C=O) groups excluding carboxylic acids is 1. The third-order valence-corrected chi connectivity index (χ3v) is 4.50. The Balaban J connectivity index is 1.47. The van der Waals surface area contributed by atoms with E-state index >= 15 is 0 Å². The number of nitrogens with one attached hydrogen (secondary N) is 2. The number of morpholine rings is 1. The molecule has 7 heteroatoms. The van der Waals surface area contributed by atoms with Crippen molar-refractivity contribution in [3.8, 4) is 0 Å². The van der Waals surface area contributed by atoms with Crippen LogP contribution in [0.3, 0.4) is 0 Å². The normalized spacial score (nSPS) is 23.6. The number of amides is 2. The van der Waals surface area contributed by atoms with E-state index in [2.05, 4.69) is 15.5 Å². The van der Waals surface area contributed by atoms with E-state index < -0.39 is 0 Å². The van der Waals surface area contributed by atoms with E-state index in [1.807, 2.05) is 12.1 Å². The summed E-state index contributed by atoms with van der Waals surface area (Å²) in [6, 6.07) is 3.78. The molecule has 2 saturated heterocycles. The molecule has 7 nitrogen and oxygen atoms in total. The standard InChI is InChI=1S/C16H25N3O4/c20-16(17-10-14-2-1-6-23-14)18-11-15(13-3-7-22-12-13)19-4-8-21-9-5-19/h1-2,6,13,15H,3-5,7-12H2,(H2,17,18,20)/t13-,15-/m1/s1. The Morgan fingerprint density at radius 2 is 2.13 bits per heavy atom. The second kappa shape index (κ2) is 8.33. The third-order valence-electron chi connectivity index (χ3n) is 4.50. The summed E-state index contributed by atoms with van der Waals surface area (Å²) in [5.74, 6) is 1.22. The van der Waals surface area contributed by atoms with Gasteiger partial charge in [-0.1, -0.05) is 0 Å². The monoisotopic (exact) mass is 323 g/mol. The van der Waals surface area contributed by atoms with Crippen molar-refractivity contribution in [2.24, 2.45) is 5.92 Å². The molecule has 128 valence electrons. The minimum atomic E-state index is -0.168. The number of urea groups is 1. The summed E-state index contributed by atoms with van der Waals surface area (Å²) < 4.78 is 16.2. The lowest BCUT2D eigenvalue weighted by Crippen LogP contribution is -2.53. The number of ether oxygens (including phenoxy) is 2. The molecule has 23 heavy (non-hydrogen) atoms. The molecule has 0 aromatic carbocycles. The molecule has 0 radical (unpaired) electrons. The van der Waals surface area contributed by atoms with E-state index in [9.17, 15) is 4.79 Å². The molecule has 0 spiro atoms. The molecule has 0 aliphatic carbocycles. The van der Waals surface area contributed by atoms with E-state index in [-0.39, 0.29) is 6.03 Å². The summed E-state index contributed by atoms with van der Waals surface area (Å²) >= 11 is 0. The van der Waals surface area contributed by atoms with Gasteiger partial charge >= 0.3 is 6.03 Å². The van der Waals surface area contributed by atoms with E-state index in [0.29, 0.717) is 25.0 Å². The van der Waals surface area contributed by atoms with Crippen LogP contribution in [-0.2, 0) is 16.0 Å². The Labute approximate surface area is 136 Å². The molecular weight excluding hydrogens is 298 g/mol. The lowest BCUT2D eigenvalue weighted by Gasteiger charge is -2.37. The SMILES string of the molecule is O=C(NCc1ccco1)NC[C@H]([C@@H]1CCOC1)N1CCOCC1. The van der Waals surface area contributed by atoms with Crippen LogP contribution in [-0.4, -0.2) is 63.0 Å². The van der Waals surface area contributed by atoms with Crippen molar-refractivity contribution in [3.63, 3.8) is 0 Å². The van der Waals surface area contributed by atoms with Gasteiger partial charge in [-0.05, 0) is 18.6 Å². The average Bonchev–Trinajstić information content (AvgIpc) is 3.28. The number of nitrogens with zero attached hydrogens (tertiary/aromatic N) is 1. The van der Waals surface area contributed by atoms with Gasteiger partial charge in [0.15, 0.2) is 0 Å². The van der Waals surface area contributed by atoms with Crippen LogP contribution in [0.4, 0.5) is 4.79 Å². The van der Waals surface area contributed by atoms with Gasteiger partial charge in [0.1, 0.15) is 5.76 Å². The molecule has 2 aliphatic rings. The average molecular weight is 323 g/mol. The van der Waals surface area contributed by atoms with E-state index in [1.165, 1.54) is 0 Å². The Morgan fingerprint density at radius 1 is 1.26 bits per heavy atom. The fraction of sp³-hybridized carbons (Fsp3) is 0.688. The fourth-order valence-corrected chi connectivity index (χ4v) is 3.20. The van der Waals surface area contributed by atoms with Crippen LogP contribution in [0, 0.1) is 5.92 Å². The van der Waals surface area contributed by atoms with Gasteiger partial charge in [0.2, 0.25) is 0 Å². The van der Waals surface area contributed by atoms with Crippen LogP contribution in [0.15, 0.2) is 22.8 Å². The minimum Gasteiger partial charge on any atom is -0.467 e. The number of rotatable bonds is 6. The first-order chi connectivity index (χ1) is 11.3. The molecule has 0 saturated carbocycles. The molecule has 3 rings (SSSR count). The van der Waals surface area contributed by atoms with Crippen molar-refractivity contribution in [1.82, 2.24) is 15.5 Å². The van der Waals surface area contributed by atoms with Crippen molar-refractivity contribution in [2.45, 2.75) is 19.0 Å². The Hall–Kier alpha value is -1.57. The zero-order chi connectivity index (χ0) is 15.9. The van der Waals surface area contributed by atoms with Gasteiger partial charge in [-0.25, -0.2) is 4.79 Å². The first-order valence-corrected chi connectivity index (χ1v) is 8.26. The van der Waals surface area contributed by atoms with Crippen molar-refractivity contribution in [3.05, 3.63) is 24.2 Å². The maximum absolute atomic E-state index is 12.0. The van der Waals surface area contributed by atoms with Crippen molar-refractivity contribution < 1.29 is 18.7 Å². The van der Waals surface area contributed by atoms with Crippen LogP contribution in [0.1, 0.15) is 12.2 Å². The van der Waals surface area contributed by atoms with Crippen LogP contribution in [0.25, 0.3) is 0 Å². The van der Waals surface area contributed by atoms with Crippen LogP contribution in [0.2, 0.25) is 0 Å². The largest absolute Gasteiger partial charge is 0.467 e. The topological polar surface area (TPSA) is 76.0 Å². The van der Waals surface area contributed by atoms with Crippen LogP contribution < -0.4 is 10.6 Å². The molecule has 0 bridgehead atoms. The van der Waals surface area contributed by atoms with Crippen molar-refractivity contribution in [1.29, 1.82) is 0 Å². The molecule has 1 aromatic rings. The second-order valence-electron chi connectivity index (χ2n) is 5.98. The van der Waals surface area contributed by atoms with Gasteiger partial charge in [-0.2, -0.15) is 0 Å². The molecule has 2 atom stereocenters. The lowest BCUT2D eigenvalue weighted by atomic mass is 9.97. The predicted molar refractivity (Wildman–Crippen MR) is 84.1 cm³/mol. The van der Waals surface area contributed by atoms with E-state index in [1.54, 1.807) is 6.26 Å². The fourth-order valence-electron chi connectivity index (χ4n) is 3.20. The molecule has 3 heterocycles. The summed E-state index contributed by atoms with van der Waals surface area (Å²) in [6.45, 7) is 5.96. The maximum atomic E-state index is 12.0. The highest BCUT2D eigenvalue weighted by molar-refractivity contribution is 5.73. The third kappa shape index (κ3) is 4.70. The van der Waals surface area contributed by atoms with E-state index in [0.717, 1.165) is 51.7 Å². The lowest BCUT2D eigenvalue weighted by molar-refractivity contribution is 0.00212. The van der Waals surface area contributed by atoms with E-state index in [4.69, 9.17) is 13.9 Å². The van der Waals surface area contributed by atoms with Gasteiger partial charge in [-0.3, -0.25) is 4.90 Å².